The van der Waals surface area contributed by atoms with Gasteiger partial charge < -0.3 is 9.73 Å². The Bertz CT molecular complexity index is 1080. The first kappa shape index (κ1) is 19.7. The Morgan fingerprint density at radius 1 is 1.07 bits per heavy atom. The second-order valence-corrected chi connectivity index (χ2v) is 8.46. The Hall–Kier alpha value is -2.60. The zero-order valence-electron chi connectivity index (χ0n) is 16.4. The summed E-state index contributed by atoms with van der Waals surface area (Å²) in [4.78, 5) is 13.1. The molecular formula is C23H24BrN3O2. The summed E-state index contributed by atoms with van der Waals surface area (Å²) in [5.74, 6) is -0.139. The minimum absolute atomic E-state index is 0.139. The molecule has 29 heavy (non-hydrogen) atoms. The van der Waals surface area contributed by atoms with Gasteiger partial charge in [0.2, 0.25) is 5.55 Å². The van der Waals surface area contributed by atoms with E-state index >= 15 is 0 Å². The summed E-state index contributed by atoms with van der Waals surface area (Å²) in [6.07, 6.45) is 5.62. The van der Waals surface area contributed by atoms with Crippen LogP contribution in [0.3, 0.4) is 0 Å². The van der Waals surface area contributed by atoms with Crippen molar-refractivity contribution in [3.8, 4) is 0 Å². The fourth-order valence-corrected chi connectivity index (χ4v) is 3.91. The van der Waals surface area contributed by atoms with E-state index in [4.69, 9.17) is 4.42 Å². The fourth-order valence-electron chi connectivity index (χ4n) is 3.65. The van der Waals surface area contributed by atoms with Crippen molar-refractivity contribution < 1.29 is 9.21 Å². The third-order valence-electron chi connectivity index (χ3n) is 5.22. The number of amides is 1. The highest BCUT2D eigenvalue weighted by atomic mass is 79.9. The topological polar surface area (TPSA) is 66.6 Å². The van der Waals surface area contributed by atoms with E-state index in [-0.39, 0.29) is 17.5 Å². The molecule has 1 heterocycles. The monoisotopic (exact) mass is 453 g/mol. The number of carbonyl (C=O) groups excluding carboxylic acids is 1. The lowest BCUT2D eigenvalue weighted by molar-refractivity contribution is 0.0923. The van der Waals surface area contributed by atoms with Gasteiger partial charge in [0.1, 0.15) is 11.1 Å². The van der Waals surface area contributed by atoms with Gasteiger partial charge in [0.15, 0.2) is 0 Å². The molecule has 0 radical (unpaired) electrons. The van der Waals surface area contributed by atoms with Crippen LogP contribution in [0.5, 0.6) is 0 Å². The first-order chi connectivity index (χ1) is 14.1. The van der Waals surface area contributed by atoms with Gasteiger partial charge in [0, 0.05) is 15.9 Å². The number of benzene rings is 2. The van der Waals surface area contributed by atoms with Crippen LogP contribution in [-0.2, 0) is 0 Å². The summed E-state index contributed by atoms with van der Waals surface area (Å²) in [5.41, 5.74) is 6.33. The van der Waals surface area contributed by atoms with E-state index in [1.54, 1.807) is 0 Å². The molecule has 0 spiro atoms. The molecule has 0 unspecified atom stereocenters. The number of fused-ring (bicyclic) bond motifs is 1. The van der Waals surface area contributed by atoms with Gasteiger partial charge in [-0.1, -0.05) is 46.8 Å². The molecule has 2 aromatic carbocycles. The van der Waals surface area contributed by atoms with Crippen LogP contribution < -0.4 is 16.3 Å². The predicted octanol–water partition coefficient (Wildman–Crippen LogP) is 5.49. The molecule has 0 atom stereocenters. The third kappa shape index (κ3) is 4.88. The average molecular weight is 454 g/mol. The van der Waals surface area contributed by atoms with Crippen LogP contribution >= 0.6 is 15.9 Å². The van der Waals surface area contributed by atoms with Gasteiger partial charge >= 0.3 is 0 Å². The zero-order chi connectivity index (χ0) is 20.2. The van der Waals surface area contributed by atoms with Gasteiger partial charge in [-0.3, -0.25) is 10.2 Å². The van der Waals surface area contributed by atoms with Crippen molar-refractivity contribution >= 4 is 38.5 Å². The van der Waals surface area contributed by atoms with Crippen LogP contribution in [0.4, 0.5) is 5.69 Å². The third-order valence-corrected chi connectivity index (χ3v) is 5.75. The van der Waals surface area contributed by atoms with Gasteiger partial charge in [-0.15, -0.1) is 5.10 Å². The van der Waals surface area contributed by atoms with Crippen LogP contribution in [-0.4, -0.2) is 11.9 Å². The molecule has 1 amide bonds. The summed E-state index contributed by atoms with van der Waals surface area (Å²) < 4.78 is 6.99. The number of nitrogens with one attached hydrogen (secondary N) is 2. The van der Waals surface area contributed by atoms with E-state index < -0.39 is 0 Å². The van der Waals surface area contributed by atoms with E-state index in [2.05, 4.69) is 31.8 Å². The quantitative estimate of drug-likeness (QED) is 0.512. The molecule has 0 saturated heterocycles. The lowest BCUT2D eigenvalue weighted by Gasteiger charge is -2.22. The largest absolute Gasteiger partial charge is 0.436 e. The van der Waals surface area contributed by atoms with Crippen molar-refractivity contribution in [3.63, 3.8) is 0 Å². The average Bonchev–Trinajstić information content (AvgIpc) is 2.73. The van der Waals surface area contributed by atoms with Crippen LogP contribution in [0.15, 0.2) is 62.5 Å². The highest BCUT2D eigenvalue weighted by Crippen LogP contribution is 2.19. The molecule has 0 aliphatic heterocycles. The predicted molar refractivity (Wildman–Crippen MR) is 119 cm³/mol. The van der Waals surface area contributed by atoms with E-state index in [0.717, 1.165) is 46.8 Å². The number of nitrogens with zero attached hydrogens (tertiary/aromatic N) is 1. The second-order valence-electron chi connectivity index (χ2n) is 7.55. The Balaban J connectivity index is 1.70. The highest BCUT2D eigenvalue weighted by molar-refractivity contribution is 9.10. The molecule has 5 nitrogen and oxygen atoms in total. The molecule has 1 aliphatic rings. The standard InChI is InChI=1S/C23H24BrN3O2/c1-15-7-12-21-16(13-15)14-20(22(28)25-18-5-3-2-4-6-18)23(29-21)27-26-19-10-8-17(24)9-11-19/h7-14,18,26H,2-6H2,1H3,(H,25,28)/b27-23-. The van der Waals surface area contributed by atoms with Gasteiger partial charge in [0.25, 0.3) is 5.91 Å². The first-order valence-electron chi connectivity index (χ1n) is 9.99. The Kier molecular flexibility index (Phi) is 6.00. The SMILES string of the molecule is Cc1ccc2o/c(=N\Nc3ccc(Br)cc3)c(C(=O)NC3CCCCC3)cc2c1. The minimum Gasteiger partial charge on any atom is -0.436 e. The molecule has 0 bridgehead atoms. The summed E-state index contributed by atoms with van der Waals surface area (Å²) in [6, 6.07) is 15.7. The Morgan fingerprint density at radius 3 is 2.59 bits per heavy atom. The molecule has 3 aromatic rings. The maximum absolute atomic E-state index is 13.1. The smallest absolute Gasteiger partial charge is 0.257 e. The van der Waals surface area contributed by atoms with Gasteiger partial charge in [-0.25, -0.2) is 0 Å². The summed E-state index contributed by atoms with van der Waals surface area (Å²) in [6.45, 7) is 2.02. The number of hydrogen-bond donors (Lipinski definition) is 2. The van der Waals surface area contributed by atoms with Gasteiger partial charge in [-0.2, -0.15) is 0 Å². The Morgan fingerprint density at radius 2 is 1.83 bits per heavy atom. The van der Waals surface area contributed by atoms with Crippen molar-refractivity contribution in [2.24, 2.45) is 5.10 Å². The zero-order valence-corrected chi connectivity index (χ0v) is 18.0. The first-order valence-corrected chi connectivity index (χ1v) is 10.8. The number of halogens is 1. The van der Waals surface area contributed by atoms with Crippen molar-refractivity contribution in [1.82, 2.24) is 5.32 Å². The lowest BCUT2D eigenvalue weighted by atomic mass is 9.95. The lowest BCUT2D eigenvalue weighted by Crippen LogP contribution is -2.38. The number of rotatable bonds is 4. The molecule has 150 valence electrons. The Labute approximate surface area is 178 Å². The maximum atomic E-state index is 13.1. The highest BCUT2D eigenvalue weighted by Gasteiger charge is 2.19. The molecule has 2 N–H and O–H groups in total. The summed E-state index contributed by atoms with van der Waals surface area (Å²) in [7, 11) is 0. The number of aryl methyl sites for hydroxylation is 1. The van der Waals surface area contributed by atoms with Crippen molar-refractivity contribution in [2.75, 3.05) is 5.43 Å². The van der Waals surface area contributed by atoms with Crippen molar-refractivity contribution in [1.29, 1.82) is 0 Å². The normalized spacial score (nSPS) is 15.4. The van der Waals surface area contributed by atoms with Crippen LogP contribution in [0.25, 0.3) is 11.0 Å². The second kappa shape index (κ2) is 8.82. The molecule has 1 saturated carbocycles. The van der Waals surface area contributed by atoms with E-state index in [1.807, 2.05) is 55.5 Å². The van der Waals surface area contributed by atoms with Crippen LogP contribution in [0.2, 0.25) is 0 Å². The molecule has 1 aromatic heterocycles. The fraction of sp³-hybridized carbons (Fsp3) is 0.304. The van der Waals surface area contributed by atoms with Gasteiger partial charge in [0.05, 0.1) is 5.69 Å². The molecule has 1 aliphatic carbocycles. The number of anilines is 1. The van der Waals surface area contributed by atoms with Crippen molar-refractivity contribution in [2.45, 2.75) is 45.1 Å². The molecule has 4 rings (SSSR count). The summed E-state index contributed by atoms with van der Waals surface area (Å²) >= 11 is 3.42. The van der Waals surface area contributed by atoms with Gasteiger partial charge in [-0.05, 0) is 62.2 Å². The van der Waals surface area contributed by atoms with Crippen molar-refractivity contribution in [3.05, 3.63) is 69.7 Å². The summed E-state index contributed by atoms with van der Waals surface area (Å²) in [5, 5.41) is 8.46. The molecular weight excluding hydrogens is 430 g/mol. The van der Waals surface area contributed by atoms with Crippen LogP contribution in [0, 0.1) is 6.92 Å². The van der Waals surface area contributed by atoms with E-state index in [9.17, 15) is 4.79 Å². The molecule has 1 fully saturated rings. The van der Waals surface area contributed by atoms with E-state index in [1.165, 1.54) is 6.42 Å². The number of hydrogen-bond acceptors (Lipinski definition) is 4. The maximum Gasteiger partial charge on any atom is 0.257 e. The number of carbonyl (C=O) groups is 1. The molecule has 6 heteroatoms. The van der Waals surface area contributed by atoms with Crippen LogP contribution in [0.1, 0.15) is 48.0 Å². The minimum atomic E-state index is -0.139. The van der Waals surface area contributed by atoms with E-state index in [0.29, 0.717) is 11.1 Å².